The maximum atomic E-state index is 12.7. The van der Waals surface area contributed by atoms with E-state index < -0.39 is 5.91 Å². The summed E-state index contributed by atoms with van der Waals surface area (Å²) in [6.07, 6.45) is 2.35. The van der Waals surface area contributed by atoms with Crippen molar-refractivity contribution in [2.24, 2.45) is 5.73 Å². The number of amides is 1. The number of nitrogens with one attached hydrogen (secondary N) is 1. The van der Waals surface area contributed by atoms with Crippen LogP contribution in [-0.2, 0) is 0 Å². The molecule has 118 valence electrons. The van der Waals surface area contributed by atoms with Crippen molar-refractivity contribution >= 4 is 22.6 Å². The van der Waals surface area contributed by atoms with Crippen LogP contribution in [0.3, 0.4) is 0 Å². The third kappa shape index (κ3) is 2.21. The molecule has 23 heavy (non-hydrogen) atoms. The van der Waals surface area contributed by atoms with Crippen LogP contribution in [0.1, 0.15) is 36.7 Å². The zero-order chi connectivity index (χ0) is 16.7. The number of hydrogen-bond acceptors (Lipinski definition) is 4. The van der Waals surface area contributed by atoms with Gasteiger partial charge in [-0.05, 0) is 31.5 Å². The van der Waals surface area contributed by atoms with Crippen molar-refractivity contribution in [1.82, 2.24) is 14.0 Å². The Morgan fingerprint density at radius 3 is 2.83 bits per heavy atom. The summed E-state index contributed by atoms with van der Waals surface area (Å²) in [5.41, 5.74) is 5.98. The van der Waals surface area contributed by atoms with Crippen molar-refractivity contribution in [3.8, 4) is 0 Å². The molecule has 3 aromatic rings. The number of fused-ring (bicyclic) bond motifs is 2. The molecule has 0 aliphatic carbocycles. The van der Waals surface area contributed by atoms with E-state index in [0.717, 1.165) is 6.42 Å². The van der Waals surface area contributed by atoms with Crippen molar-refractivity contribution in [1.29, 1.82) is 5.41 Å². The van der Waals surface area contributed by atoms with E-state index in [1.54, 1.807) is 29.0 Å². The van der Waals surface area contributed by atoms with Crippen LogP contribution >= 0.6 is 0 Å². The highest BCUT2D eigenvalue weighted by atomic mass is 16.1. The number of rotatable bonds is 3. The summed E-state index contributed by atoms with van der Waals surface area (Å²) in [5.74, 6) is -0.730. The van der Waals surface area contributed by atoms with Gasteiger partial charge in [-0.25, -0.2) is 4.98 Å². The van der Waals surface area contributed by atoms with Crippen LogP contribution in [0.4, 0.5) is 0 Å². The molecule has 0 spiro atoms. The largest absolute Gasteiger partial charge is 0.365 e. The van der Waals surface area contributed by atoms with E-state index in [4.69, 9.17) is 11.1 Å². The quantitative estimate of drug-likeness (QED) is 0.710. The fraction of sp³-hybridized carbons (Fsp3) is 0.250. The van der Waals surface area contributed by atoms with Gasteiger partial charge in [0.2, 0.25) is 0 Å². The highest BCUT2D eigenvalue weighted by Crippen LogP contribution is 2.16. The Hall–Kier alpha value is -2.96. The zero-order valence-corrected chi connectivity index (χ0v) is 12.9. The van der Waals surface area contributed by atoms with Crippen LogP contribution in [0.25, 0.3) is 16.7 Å². The molecule has 3 heterocycles. The molecule has 1 atom stereocenters. The number of pyridine rings is 2. The highest BCUT2D eigenvalue weighted by molar-refractivity contribution is 5.95. The van der Waals surface area contributed by atoms with Crippen LogP contribution in [0.15, 0.2) is 35.3 Å². The topological polar surface area (TPSA) is 106 Å². The normalized spacial score (nSPS) is 12.6. The van der Waals surface area contributed by atoms with E-state index in [9.17, 15) is 9.59 Å². The number of hydrogen-bond donors (Lipinski definition) is 2. The van der Waals surface area contributed by atoms with Gasteiger partial charge in [-0.2, -0.15) is 0 Å². The van der Waals surface area contributed by atoms with Crippen molar-refractivity contribution in [3.63, 3.8) is 0 Å². The Bertz CT molecular complexity index is 1050. The molecule has 3 rings (SSSR count). The van der Waals surface area contributed by atoms with E-state index in [-0.39, 0.29) is 28.0 Å². The van der Waals surface area contributed by atoms with E-state index in [2.05, 4.69) is 4.98 Å². The number of primary amides is 1. The van der Waals surface area contributed by atoms with Gasteiger partial charge in [-0.1, -0.05) is 13.0 Å². The maximum Gasteiger partial charge on any atom is 0.267 e. The molecular formula is C16H17N5O2. The number of nitrogens with two attached hydrogens (primary N) is 1. The lowest BCUT2D eigenvalue weighted by atomic mass is 10.1. The molecule has 0 fully saturated rings. The summed E-state index contributed by atoms with van der Waals surface area (Å²) in [4.78, 5) is 28.9. The molecule has 0 aliphatic rings. The predicted molar refractivity (Wildman–Crippen MR) is 86.3 cm³/mol. The minimum Gasteiger partial charge on any atom is -0.365 e. The number of carbonyl (C=O) groups is 1. The first-order chi connectivity index (χ1) is 11.0. The minimum absolute atomic E-state index is 0.0209. The van der Waals surface area contributed by atoms with Crippen LogP contribution < -0.4 is 16.8 Å². The van der Waals surface area contributed by atoms with Crippen LogP contribution in [0.5, 0.6) is 0 Å². The molecule has 0 saturated carbocycles. The minimum atomic E-state index is -0.730. The first-order valence-electron chi connectivity index (χ1n) is 7.36. The van der Waals surface area contributed by atoms with Gasteiger partial charge in [0.25, 0.3) is 11.5 Å². The molecule has 0 saturated heterocycles. The molecule has 7 nitrogen and oxygen atoms in total. The third-order valence-corrected chi connectivity index (χ3v) is 4.06. The summed E-state index contributed by atoms with van der Waals surface area (Å²) in [7, 11) is 0. The summed E-state index contributed by atoms with van der Waals surface area (Å²) in [6.45, 7) is 3.88. The molecule has 0 bridgehead atoms. The SMILES string of the molecule is CCC(C)n1c(=N)c(C(N)=O)cc2c(=O)n3ccccc3nc21. The third-order valence-electron chi connectivity index (χ3n) is 4.06. The van der Waals surface area contributed by atoms with Crippen molar-refractivity contribution < 1.29 is 4.79 Å². The van der Waals surface area contributed by atoms with Crippen molar-refractivity contribution in [2.45, 2.75) is 26.3 Å². The number of nitrogens with zero attached hydrogens (tertiary/aromatic N) is 3. The smallest absolute Gasteiger partial charge is 0.267 e. The standard InChI is InChI=1S/C16H17N5O2/c1-3-9(2)21-13(17)10(14(18)22)8-11-15(21)19-12-6-4-5-7-20(12)16(11)23/h4-9,17H,3H2,1-2H3,(H2,18,22). The number of carbonyl (C=O) groups excluding carboxylic acids is 1. The molecule has 0 aliphatic heterocycles. The maximum absolute atomic E-state index is 12.7. The summed E-state index contributed by atoms with van der Waals surface area (Å²) in [5, 5.41) is 8.56. The molecule has 3 N–H and O–H groups in total. The van der Waals surface area contributed by atoms with E-state index >= 15 is 0 Å². The van der Waals surface area contributed by atoms with Gasteiger partial charge in [0.15, 0.2) is 0 Å². The Morgan fingerprint density at radius 1 is 1.43 bits per heavy atom. The monoisotopic (exact) mass is 311 g/mol. The Balaban J connectivity index is 2.61. The fourth-order valence-electron chi connectivity index (χ4n) is 2.65. The Morgan fingerprint density at radius 2 is 2.17 bits per heavy atom. The summed E-state index contributed by atoms with van der Waals surface area (Å²) in [6, 6.07) is 6.53. The Labute approximate surface area is 131 Å². The molecule has 0 radical (unpaired) electrons. The molecule has 7 heteroatoms. The highest BCUT2D eigenvalue weighted by Gasteiger charge is 2.18. The van der Waals surface area contributed by atoms with Crippen molar-refractivity contribution in [3.05, 3.63) is 51.9 Å². The lowest BCUT2D eigenvalue weighted by Gasteiger charge is -2.18. The molecule has 1 amide bonds. The van der Waals surface area contributed by atoms with Crippen LogP contribution in [0, 0.1) is 5.41 Å². The molecule has 0 aromatic carbocycles. The average molecular weight is 311 g/mol. The molecule has 1 unspecified atom stereocenters. The predicted octanol–water partition coefficient (Wildman–Crippen LogP) is 1.20. The second kappa shape index (κ2) is 5.35. The van der Waals surface area contributed by atoms with Crippen molar-refractivity contribution in [2.75, 3.05) is 0 Å². The van der Waals surface area contributed by atoms with Gasteiger partial charge < -0.3 is 10.3 Å². The summed E-state index contributed by atoms with van der Waals surface area (Å²) >= 11 is 0. The molecule has 3 aromatic heterocycles. The first-order valence-corrected chi connectivity index (χ1v) is 7.36. The average Bonchev–Trinajstić information content (AvgIpc) is 2.54. The van der Waals surface area contributed by atoms with E-state index in [0.29, 0.717) is 11.3 Å². The zero-order valence-electron chi connectivity index (χ0n) is 12.9. The van der Waals surface area contributed by atoms with Gasteiger partial charge in [0.05, 0.1) is 10.9 Å². The first kappa shape index (κ1) is 15.0. The van der Waals surface area contributed by atoms with Gasteiger partial charge in [0.1, 0.15) is 16.8 Å². The molecular weight excluding hydrogens is 294 g/mol. The van der Waals surface area contributed by atoms with Gasteiger partial charge >= 0.3 is 0 Å². The lowest BCUT2D eigenvalue weighted by Crippen LogP contribution is -2.33. The van der Waals surface area contributed by atoms with Crippen LogP contribution in [-0.4, -0.2) is 19.9 Å². The Kier molecular flexibility index (Phi) is 3.48. The van der Waals surface area contributed by atoms with Gasteiger partial charge in [-0.3, -0.25) is 19.4 Å². The number of aromatic nitrogens is 3. The lowest BCUT2D eigenvalue weighted by molar-refractivity contribution is 0.0998. The fourth-order valence-corrected chi connectivity index (χ4v) is 2.65. The van der Waals surface area contributed by atoms with E-state index in [1.165, 1.54) is 10.5 Å². The van der Waals surface area contributed by atoms with Gasteiger partial charge in [0, 0.05) is 12.2 Å². The van der Waals surface area contributed by atoms with Gasteiger partial charge in [-0.15, -0.1) is 0 Å². The van der Waals surface area contributed by atoms with E-state index in [1.807, 2.05) is 13.8 Å². The van der Waals surface area contributed by atoms with Crippen LogP contribution in [0.2, 0.25) is 0 Å². The second-order valence-electron chi connectivity index (χ2n) is 5.48. The summed E-state index contributed by atoms with van der Waals surface area (Å²) < 4.78 is 3.02. The second-order valence-corrected chi connectivity index (χ2v) is 5.48.